The normalized spacial score (nSPS) is 13.9. The van der Waals surface area contributed by atoms with Crippen molar-refractivity contribution in [2.75, 3.05) is 11.9 Å². The third-order valence-electron chi connectivity index (χ3n) is 2.53. The van der Waals surface area contributed by atoms with Crippen LogP contribution in [0.1, 0.15) is 5.56 Å². The molecule has 3 nitrogen and oxygen atoms in total. The van der Waals surface area contributed by atoms with Gasteiger partial charge in [-0.1, -0.05) is 6.58 Å². The van der Waals surface area contributed by atoms with Crippen LogP contribution in [0.5, 0.6) is 0 Å². The van der Waals surface area contributed by atoms with Gasteiger partial charge in [-0.05, 0) is 29.4 Å². The van der Waals surface area contributed by atoms with Crippen molar-refractivity contribution in [2.45, 2.75) is 6.61 Å². The van der Waals surface area contributed by atoms with Crippen molar-refractivity contribution in [3.8, 4) is 0 Å². The average molecular weight is 207 g/mol. The Labute approximate surface area is 87.9 Å². The highest BCUT2D eigenvalue weighted by Crippen LogP contribution is 2.21. The molecule has 15 heavy (non-hydrogen) atoms. The second kappa shape index (κ2) is 3.68. The Bertz CT molecular complexity index is 411. The fraction of sp³-hybridized carbons (Fsp3) is 0.200. The van der Waals surface area contributed by atoms with Crippen molar-refractivity contribution in [1.82, 2.24) is 0 Å². The maximum atomic E-state index is 13.6. The topological polar surface area (TPSA) is 32.7 Å². The molecule has 5 heteroatoms. The smallest absolute Gasteiger partial charge is 0.423 e. The predicted octanol–water partition coefficient (Wildman–Crippen LogP) is 0.623. The lowest BCUT2D eigenvalue weighted by atomic mass is 9.79. The van der Waals surface area contributed by atoms with Gasteiger partial charge in [-0.25, -0.2) is 4.39 Å². The van der Waals surface area contributed by atoms with Crippen LogP contribution < -0.4 is 10.4 Å². The van der Waals surface area contributed by atoms with Gasteiger partial charge in [0.15, 0.2) is 0 Å². The number of halogens is 1. The molecule has 0 radical (unpaired) electrons. The molecule has 78 valence electrons. The largest absolute Gasteiger partial charge is 0.491 e. The molecule has 0 fully saturated rings. The van der Waals surface area contributed by atoms with Crippen LogP contribution in [0.15, 0.2) is 24.9 Å². The van der Waals surface area contributed by atoms with E-state index >= 15 is 0 Å². The molecule has 1 aromatic rings. The van der Waals surface area contributed by atoms with Gasteiger partial charge >= 0.3 is 7.12 Å². The van der Waals surface area contributed by atoms with Gasteiger partial charge in [0.25, 0.3) is 0 Å². The summed E-state index contributed by atoms with van der Waals surface area (Å²) in [5, 5.41) is 9.46. The molecule has 1 aliphatic heterocycles. The zero-order valence-electron chi connectivity index (χ0n) is 8.40. The van der Waals surface area contributed by atoms with Crippen molar-refractivity contribution in [1.29, 1.82) is 0 Å². The lowest BCUT2D eigenvalue weighted by molar-refractivity contribution is 0.275. The predicted molar refractivity (Wildman–Crippen MR) is 57.4 cm³/mol. The van der Waals surface area contributed by atoms with Crippen LogP contribution in [0.3, 0.4) is 0 Å². The first-order valence-electron chi connectivity index (χ1n) is 4.61. The van der Waals surface area contributed by atoms with Gasteiger partial charge in [-0.3, -0.25) is 0 Å². The lowest BCUT2D eigenvalue weighted by Crippen LogP contribution is -2.29. The highest BCUT2D eigenvalue weighted by atomic mass is 19.1. The zero-order chi connectivity index (χ0) is 11.0. The third kappa shape index (κ3) is 1.64. The van der Waals surface area contributed by atoms with Crippen molar-refractivity contribution in [2.24, 2.45) is 0 Å². The summed E-state index contributed by atoms with van der Waals surface area (Å²) < 4.78 is 18.6. The highest BCUT2D eigenvalue weighted by Gasteiger charge is 2.29. The Morgan fingerprint density at radius 1 is 1.67 bits per heavy atom. The molecular formula is C10H11BFNO2. The fourth-order valence-corrected chi connectivity index (χ4v) is 1.60. The van der Waals surface area contributed by atoms with Gasteiger partial charge in [-0.15, -0.1) is 0 Å². The number of hydrogen-bond donors (Lipinski definition) is 1. The van der Waals surface area contributed by atoms with E-state index in [1.165, 1.54) is 12.3 Å². The van der Waals surface area contributed by atoms with E-state index in [-0.39, 0.29) is 12.4 Å². The van der Waals surface area contributed by atoms with E-state index in [1.807, 2.05) is 0 Å². The number of anilines is 1. The van der Waals surface area contributed by atoms with E-state index in [0.717, 1.165) is 0 Å². The Balaban J connectivity index is 2.50. The summed E-state index contributed by atoms with van der Waals surface area (Å²) in [7, 11) is 0.748. The van der Waals surface area contributed by atoms with Gasteiger partial charge in [0, 0.05) is 7.05 Å². The number of hydrogen-bond acceptors (Lipinski definition) is 3. The zero-order valence-corrected chi connectivity index (χ0v) is 8.40. The quantitative estimate of drug-likeness (QED) is 0.721. The monoisotopic (exact) mass is 207 g/mol. The molecule has 0 aromatic heterocycles. The summed E-state index contributed by atoms with van der Waals surface area (Å²) in [6, 6.07) is 2.98. The van der Waals surface area contributed by atoms with Crippen molar-refractivity contribution in [3.05, 3.63) is 36.3 Å². The second-order valence-electron chi connectivity index (χ2n) is 3.46. The minimum atomic E-state index is -0.947. The molecule has 0 unspecified atom stereocenters. The number of fused-ring (bicyclic) bond motifs is 1. The summed E-state index contributed by atoms with van der Waals surface area (Å²) in [6.45, 7) is 3.81. The van der Waals surface area contributed by atoms with Crippen LogP contribution in [0.25, 0.3) is 0 Å². The van der Waals surface area contributed by atoms with Gasteiger partial charge in [0.1, 0.15) is 5.82 Å². The van der Waals surface area contributed by atoms with Crippen molar-refractivity contribution in [3.63, 3.8) is 0 Å². The first-order valence-corrected chi connectivity index (χ1v) is 4.61. The van der Waals surface area contributed by atoms with Crippen LogP contribution in [-0.2, 0) is 11.3 Å². The second-order valence-corrected chi connectivity index (χ2v) is 3.46. The standard InChI is InChI=1S/C10H11BFNO2/c1-3-13(2)10-5-8-7(4-9(10)12)6-15-11(8)14/h3-5,14H,1,6H2,2H3. The van der Waals surface area contributed by atoms with Crippen molar-refractivity contribution < 1.29 is 14.1 Å². The maximum absolute atomic E-state index is 13.6. The molecule has 0 saturated heterocycles. The Morgan fingerprint density at radius 2 is 2.40 bits per heavy atom. The van der Waals surface area contributed by atoms with Crippen LogP contribution in [0.2, 0.25) is 0 Å². The number of nitrogens with zero attached hydrogens (tertiary/aromatic N) is 1. The van der Waals surface area contributed by atoms with Gasteiger partial charge < -0.3 is 14.6 Å². The Hall–Kier alpha value is -1.33. The Kier molecular flexibility index (Phi) is 2.50. The van der Waals surface area contributed by atoms with E-state index in [2.05, 4.69) is 6.58 Å². The molecule has 0 bridgehead atoms. The van der Waals surface area contributed by atoms with E-state index in [1.54, 1.807) is 18.0 Å². The van der Waals surface area contributed by atoms with Crippen LogP contribution >= 0.6 is 0 Å². The first-order chi connectivity index (χ1) is 7.13. The lowest BCUT2D eigenvalue weighted by Gasteiger charge is -2.15. The highest BCUT2D eigenvalue weighted by molar-refractivity contribution is 6.61. The molecule has 0 aliphatic carbocycles. The summed E-state index contributed by atoms with van der Waals surface area (Å²) in [4.78, 5) is 1.56. The van der Waals surface area contributed by atoms with E-state index in [4.69, 9.17) is 4.65 Å². The average Bonchev–Trinajstić information content (AvgIpc) is 2.58. The minimum absolute atomic E-state index is 0.255. The van der Waals surface area contributed by atoms with Crippen LogP contribution in [0, 0.1) is 5.82 Å². The molecule has 0 amide bonds. The van der Waals surface area contributed by atoms with Crippen molar-refractivity contribution >= 4 is 18.3 Å². The molecular weight excluding hydrogens is 196 g/mol. The third-order valence-corrected chi connectivity index (χ3v) is 2.53. The van der Waals surface area contributed by atoms with Crippen LogP contribution in [-0.4, -0.2) is 19.2 Å². The summed E-state index contributed by atoms with van der Waals surface area (Å²) in [5.41, 5.74) is 1.70. The minimum Gasteiger partial charge on any atom is -0.423 e. The summed E-state index contributed by atoms with van der Waals surface area (Å²) in [6.07, 6.45) is 1.51. The summed E-state index contributed by atoms with van der Waals surface area (Å²) >= 11 is 0. The number of benzene rings is 1. The Morgan fingerprint density at radius 3 is 3.07 bits per heavy atom. The molecule has 0 atom stereocenters. The molecule has 0 saturated carbocycles. The molecule has 1 heterocycles. The SMILES string of the molecule is C=CN(C)c1cc2c(cc1F)COB2O. The summed E-state index contributed by atoms with van der Waals surface area (Å²) in [5.74, 6) is -0.339. The molecule has 2 rings (SSSR count). The molecule has 0 spiro atoms. The molecule has 1 aliphatic rings. The fourth-order valence-electron chi connectivity index (χ4n) is 1.60. The molecule has 1 aromatic carbocycles. The first kappa shape index (κ1) is 10.2. The van der Waals surface area contributed by atoms with Crippen LogP contribution in [0.4, 0.5) is 10.1 Å². The maximum Gasteiger partial charge on any atom is 0.491 e. The molecule has 1 N–H and O–H groups in total. The van der Waals surface area contributed by atoms with E-state index < -0.39 is 7.12 Å². The van der Waals surface area contributed by atoms with E-state index in [0.29, 0.717) is 16.7 Å². The van der Waals surface area contributed by atoms with Gasteiger partial charge in [0.05, 0.1) is 12.3 Å². The van der Waals surface area contributed by atoms with Gasteiger partial charge in [0.2, 0.25) is 0 Å². The van der Waals surface area contributed by atoms with Gasteiger partial charge in [-0.2, -0.15) is 0 Å². The van der Waals surface area contributed by atoms with E-state index in [9.17, 15) is 9.41 Å². The number of rotatable bonds is 2.